The van der Waals surface area contributed by atoms with Gasteiger partial charge in [-0.1, -0.05) is 75.9 Å². The number of hydrogen-bond acceptors (Lipinski definition) is 15. The van der Waals surface area contributed by atoms with Gasteiger partial charge in [-0.2, -0.15) is 11.1 Å². The molecule has 0 aromatic heterocycles. The van der Waals surface area contributed by atoms with E-state index in [1.165, 1.54) is 21.6 Å². The first-order valence-corrected chi connectivity index (χ1v) is 20.9. The Balaban J connectivity index is 1.71. The first-order chi connectivity index (χ1) is 23.1. The van der Waals surface area contributed by atoms with Crippen LogP contribution in [0.3, 0.4) is 0 Å². The van der Waals surface area contributed by atoms with Crippen LogP contribution in [0, 0.1) is 22.4 Å². The third-order valence-electron chi connectivity index (χ3n) is 5.80. The molecule has 1 aromatic rings. The first kappa shape index (κ1) is 42.8. The lowest BCUT2D eigenvalue weighted by Crippen LogP contribution is -2.60. The smallest absolute Gasteiger partial charge is 0.255 e. The van der Waals surface area contributed by atoms with Gasteiger partial charge in [0.15, 0.2) is 0 Å². The van der Waals surface area contributed by atoms with Crippen molar-refractivity contribution in [2.45, 2.75) is 54.6 Å². The molecule has 0 bridgehead atoms. The van der Waals surface area contributed by atoms with Crippen LogP contribution in [0.25, 0.3) is 0 Å². The fraction of sp³-hybridized carbons (Fsp3) is 0.633. The summed E-state index contributed by atoms with van der Waals surface area (Å²) in [6.45, 7) is 7.57. The van der Waals surface area contributed by atoms with Gasteiger partial charge in [-0.3, -0.25) is 9.59 Å². The van der Waals surface area contributed by atoms with Crippen LogP contribution in [0.1, 0.15) is 31.1 Å². The second-order valence-corrected chi connectivity index (χ2v) is 17.4. The molecule has 48 heavy (non-hydrogen) atoms. The summed E-state index contributed by atoms with van der Waals surface area (Å²) in [5.41, 5.74) is 5.40. The fourth-order valence-corrected chi connectivity index (χ4v) is 8.25. The van der Waals surface area contributed by atoms with Crippen LogP contribution in [0.2, 0.25) is 0 Å². The Morgan fingerprint density at radius 1 is 1.21 bits per heavy atom. The number of benzene rings is 1. The van der Waals surface area contributed by atoms with E-state index in [0.29, 0.717) is 30.2 Å². The minimum atomic E-state index is -0.456. The van der Waals surface area contributed by atoms with Crippen molar-refractivity contribution in [3.63, 3.8) is 0 Å². The summed E-state index contributed by atoms with van der Waals surface area (Å²) in [5, 5.41) is 25.9. The lowest BCUT2D eigenvalue weighted by atomic mass is 9.66. The number of thiocyanates is 1. The number of nitrogens with one attached hydrogen (secondary N) is 2. The molecule has 0 spiro atoms. The van der Waals surface area contributed by atoms with Crippen molar-refractivity contribution < 1.29 is 38.4 Å². The third kappa shape index (κ3) is 18.0. The summed E-state index contributed by atoms with van der Waals surface area (Å²) in [7, 11) is 7.90. The van der Waals surface area contributed by atoms with E-state index in [1.807, 2.05) is 11.7 Å². The van der Waals surface area contributed by atoms with Crippen molar-refractivity contribution in [3.8, 4) is 22.9 Å². The fourth-order valence-electron chi connectivity index (χ4n) is 3.67. The summed E-state index contributed by atoms with van der Waals surface area (Å²) in [5.74, 6) is 6.23. The zero-order valence-corrected chi connectivity index (χ0v) is 31.6. The maximum Gasteiger partial charge on any atom is 0.255 e. The van der Waals surface area contributed by atoms with Crippen molar-refractivity contribution in [1.29, 1.82) is 5.26 Å². The molecular weight excluding hydrogens is 715 g/mol. The monoisotopic (exact) mass is 759 g/mol. The molecule has 0 saturated carbocycles. The molecule has 1 saturated heterocycles. The molecule has 265 valence electrons. The van der Waals surface area contributed by atoms with Gasteiger partial charge in [-0.05, 0) is 36.2 Å². The standard InChI is InChI=1S/C30H44BN4O8S5/c1-30(2,3)48-47-25(18-41-22-8-5-7-21(15-22)29(38)35-12-10-32)40-14-13-39-17-24(37)34-11-6-9-31-28-27(23(16-36)42-28)43-26(46-44-4)19-45-20-33/h5,7-8,15,23,25-28,36H,10-14,16-19,32H2,1-4H3,(H,34,37)(H,35,38)/t23?,25?,26-,27?,28?/m1/s1. The molecule has 0 aliphatic carbocycles. The van der Waals surface area contributed by atoms with E-state index in [-0.39, 0.29) is 73.1 Å². The molecule has 5 atom stereocenters. The number of rotatable bonds is 23. The molecule has 4 unspecified atom stereocenters. The summed E-state index contributed by atoms with van der Waals surface area (Å²) in [6.07, 6.45) is 1.10. The lowest BCUT2D eigenvalue weighted by Gasteiger charge is -2.44. The molecule has 2 rings (SSSR count). The number of nitrogens with two attached hydrogens (primary N) is 1. The maximum atomic E-state index is 12.3. The Bertz CT molecular complexity index is 1220. The highest BCUT2D eigenvalue weighted by molar-refractivity contribution is 8.77. The molecule has 1 fully saturated rings. The van der Waals surface area contributed by atoms with E-state index >= 15 is 0 Å². The number of carbonyl (C=O) groups excluding carboxylic acids is 2. The molecule has 1 radical (unpaired) electrons. The summed E-state index contributed by atoms with van der Waals surface area (Å²) >= 11 is 1.11. The van der Waals surface area contributed by atoms with Crippen LogP contribution in [0.5, 0.6) is 5.75 Å². The van der Waals surface area contributed by atoms with Crippen LogP contribution in [0.4, 0.5) is 0 Å². The third-order valence-corrected chi connectivity index (χ3v) is 12.0. The van der Waals surface area contributed by atoms with Crippen molar-refractivity contribution >= 4 is 74.0 Å². The molecule has 1 aliphatic heterocycles. The largest absolute Gasteiger partial charge is 0.490 e. The number of amides is 2. The van der Waals surface area contributed by atoms with E-state index in [1.54, 1.807) is 53.1 Å². The number of nitriles is 1. The quantitative estimate of drug-likeness (QED) is 0.0320. The number of aliphatic hydroxyl groups excluding tert-OH is 1. The maximum absolute atomic E-state index is 12.3. The number of aliphatic hydroxyl groups is 1. The molecule has 2 amide bonds. The second kappa shape index (κ2) is 24.7. The zero-order valence-electron chi connectivity index (χ0n) is 27.5. The van der Waals surface area contributed by atoms with Crippen LogP contribution < -0.4 is 21.1 Å². The molecule has 1 heterocycles. The summed E-state index contributed by atoms with van der Waals surface area (Å²) in [4.78, 5) is 24.4. The van der Waals surface area contributed by atoms with Gasteiger partial charge in [0.05, 0.1) is 32.4 Å². The summed E-state index contributed by atoms with van der Waals surface area (Å²) in [6, 6.07) is 6.50. The van der Waals surface area contributed by atoms with Crippen LogP contribution in [0.15, 0.2) is 24.3 Å². The number of thioether (sulfide) groups is 1. The van der Waals surface area contributed by atoms with E-state index in [2.05, 4.69) is 43.1 Å². The highest BCUT2D eigenvalue weighted by atomic mass is 33.1. The van der Waals surface area contributed by atoms with Crippen LogP contribution >= 0.6 is 54.9 Å². The van der Waals surface area contributed by atoms with Crippen LogP contribution in [-0.4, -0.2) is 123 Å². The van der Waals surface area contributed by atoms with Gasteiger partial charge in [-0.25, -0.2) is 0 Å². The van der Waals surface area contributed by atoms with Gasteiger partial charge in [0, 0.05) is 29.2 Å². The zero-order chi connectivity index (χ0) is 35.2. The van der Waals surface area contributed by atoms with Crippen molar-refractivity contribution in [3.05, 3.63) is 29.8 Å². The SMILES string of the molecule is CSS[C@H](CSC#N)OC1C([B]C#CCNC(=O)COCCOC(COc2cccc(C(=O)NCCN)c2)SSC(C)(C)C)OC1CO. The van der Waals surface area contributed by atoms with Gasteiger partial charge in [0.25, 0.3) is 13.2 Å². The van der Waals surface area contributed by atoms with Crippen LogP contribution in [-0.2, 0) is 23.7 Å². The predicted octanol–water partition coefficient (Wildman–Crippen LogP) is 2.73. The van der Waals surface area contributed by atoms with Gasteiger partial charge in [0.2, 0.25) is 5.91 Å². The Labute approximate surface area is 304 Å². The minimum absolute atomic E-state index is 0.00135. The van der Waals surface area contributed by atoms with Crippen molar-refractivity contribution in [1.82, 2.24) is 10.6 Å². The van der Waals surface area contributed by atoms with E-state index < -0.39 is 12.1 Å². The van der Waals surface area contributed by atoms with Crippen molar-refractivity contribution in [2.24, 2.45) is 5.73 Å². The van der Waals surface area contributed by atoms with Gasteiger partial charge in [0.1, 0.15) is 47.4 Å². The number of ether oxygens (including phenoxy) is 5. The Hall–Kier alpha value is -1.42. The number of nitrogens with zero attached hydrogens (tertiary/aromatic N) is 1. The Morgan fingerprint density at radius 2 is 2.02 bits per heavy atom. The molecule has 1 aromatic carbocycles. The molecule has 5 N–H and O–H groups in total. The second-order valence-electron chi connectivity index (χ2n) is 10.8. The molecule has 18 heteroatoms. The Morgan fingerprint density at radius 3 is 2.73 bits per heavy atom. The highest BCUT2D eigenvalue weighted by Crippen LogP contribution is 2.38. The first-order valence-electron chi connectivity index (χ1n) is 15.1. The highest BCUT2D eigenvalue weighted by Gasteiger charge is 2.44. The molecular formula is C30H44BN4O8S5. The summed E-state index contributed by atoms with van der Waals surface area (Å²) < 4.78 is 29.1. The van der Waals surface area contributed by atoms with E-state index in [4.69, 9.17) is 34.7 Å². The molecule has 12 nitrogen and oxygen atoms in total. The normalized spacial score (nSPS) is 18.3. The predicted molar refractivity (Wildman–Crippen MR) is 199 cm³/mol. The Kier molecular flexibility index (Phi) is 22.0. The van der Waals surface area contributed by atoms with Gasteiger partial charge in [-0.15, -0.1) is 0 Å². The van der Waals surface area contributed by atoms with E-state index in [9.17, 15) is 14.7 Å². The average molecular weight is 760 g/mol. The lowest BCUT2D eigenvalue weighted by molar-refractivity contribution is -0.222. The van der Waals surface area contributed by atoms with Gasteiger partial charge < -0.3 is 45.2 Å². The van der Waals surface area contributed by atoms with E-state index in [0.717, 1.165) is 11.8 Å². The molecule has 1 aliphatic rings. The minimum Gasteiger partial charge on any atom is -0.490 e. The topological polar surface area (TPSA) is 174 Å². The average Bonchev–Trinajstić information content (AvgIpc) is 3.06. The number of carbonyl (C=O) groups is 2. The van der Waals surface area contributed by atoms with Gasteiger partial charge >= 0.3 is 0 Å². The van der Waals surface area contributed by atoms with Crippen molar-refractivity contribution in [2.75, 3.05) is 64.7 Å². The number of hydrogen-bond donors (Lipinski definition) is 4.